The number of rotatable bonds is 2. The van der Waals surface area contributed by atoms with Gasteiger partial charge in [-0.25, -0.2) is 13.8 Å². The summed E-state index contributed by atoms with van der Waals surface area (Å²) in [6, 6.07) is 7.27. The molecule has 5 nitrogen and oxygen atoms in total. The van der Waals surface area contributed by atoms with Crippen LogP contribution in [-0.2, 0) is 4.79 Å². The summed E-state index contributed by atoms with van der Waals surface area (Å²) >= 11 is 0. The molecular weight excluding hydrogens is 314 g/mol. The molecule has 0 saturated carbocycles. The number of pyridine rings is 1. The lowest BCUT2D eigenvalue weighted by molar-refractivity contribution is -0.116. The number of imidazole rings is 1. The molecule has 0 saturated heterocycles. The number of carbonyl (C=O) groups is 1. The van der Waals surface area contributed by atoms with Crippen molar-refractivity contribution in [3.63, 3.8) is 0 Å². The summed E-state index contributed by atoms with van der Waals surface area (Å²) in [5.41, 5.74) is 1.88. The van der Waals surface area contributed by atoms with Crippen molar-refractivity contribution in [2.75, 3.05) is 5.32 Å². The third-order valence-corrected chi connectivity index (χ3v) is 4.04. The Kier molecular flexibility index (Phi) is 3.34. The minimum absolute atomic E-state index is 0.127. The summed E-state index contributed by atoms with van der Waals surface area (Å²) < 4.78 is 28.5. The van der Waals surface area contributed by atoms with E-state index in [-0.39, 0.29) is 12.3 Å². The van der Waals surface area contributed by atoms with E-state index in [9.17, 15) is 13.6 Å². The SMILES string of the molecule is O=C1C[C@@H](c2ccc(F)c(F)c2)c2ncn(-c3cccnc3)c2N1. The van der Waals surface area contributed by atoms with Crippen LogP contribution in [0.5, 0.6) is 0 Å². The van der Waals surface area contributed by atoms with Crippen LogP contribution in [0.15, 0.2) is 49.1 Å². The number of fused-ring (bicyclic) bond motifs is 1. The second-order valence-corrected chi connectivity index (χ2v) is 5.54. The van der Waals surface area contributed by atoms with Gasteiger partial charge in [-0.2, -0.15) is 0 Å². The molecule has 2 aromatic heterocycles. The summed E-state index contributed by atoms with van der Waals surface area (Å²) in [7, 11) is 0. The highest BCUT2D eigenvalue weighted by atomic mass is 19.2. The second kappa shape index (κ2) is 5.52. The van der Waals surface area contributed by atoms with Gasteiger partial charge < -0.3 is 5.32 Å². The highest BCUT2D eigenvalue weighted by molar-refractivity contribution is 5.94. The molecule has 1 aliphatic heterocycles. The maximum Gasteiger partial charge on any atom is 0.226 e. The van der Waals surface area contributed by atoms with Gasteiger partial charge in [0.15, 0.2) is 11.6 Å². The number of halogens is 2. The molecule has 1 N–H and O–H groups in total. The summed E-state index contributed by atoms with van der Waals surface area (Å²) in [6.45, 7) is 0. The van der Waals surface area contributed by atoms with Gasteiger partial charge in [0, 0.05) is 18.5 Å². The molecule has 0 aliphatic carbocycles. The average Bonchev–Trinajstić information content (AvgIpc) is 3.01. The Labute approximate surface area is 136 Å². The average molecular weight is 326 g/mol. The van der Waals surface area contributed by atoms with E-state index in [1.54, 1.807) is 29.4 Å². The van der Waals surface area contributed by atoms with E-state index in [0.717, 1.165) is 17.8 Å². The number of hydrogen-bond acceptors (Lipinski definition) is 3. The zero-order chi connectivity index (χ0) is 16.7. The first-order valence-electron chi connectivity index (χ1n) is 7.36. The van der Waals surface area contributed by atoms with E-state index in [1.165, 1.54) is 6.07 Å². The fourth-order valence-corrected chi connectivity index (χ4v) is 2.90. The van der Waals surface area contributed by atoms with Gasteiger partial charge >= 0.3 is 0 Å². The third kappa shape index (κ3) is 2.34. The molecule has 7 heteroatoms. The van der Waals surface area contributed by atoms with Gasteiger partial charge in [0.1, 0.15) is 12.1 Å². The zero-order valence-electron chi connectivity index (χ0n) is 12.4. The highest BCUT2D eigenvalue weighted by Crippen LogP contribution is 2.37. The standard InChI is InChI=1S/C17H12F2N4O/c18-13-4-3-10(6-14(13)19)12-7-15(24)22-17-16(12)21-9-23(17)11-2-1-5-20-8-11/h1-6,8-9,12H,7H2,(H,22,24)/t12-/m0/s1. The molecule has 0 fully saturated rings. The quantitative estimate of drug-likeness (QED) is 0.787. The first-order chi connectivity index (χ1) is 11.6. The lowest BCUT2D eigenvalue weighted by Crippen LogP contribution is -2.25. The van der Waals surface area contributed by atoms with Gasteiger partial charge in [0.25, 0.3) is 0 Å². The van der Waals surface area contributed by atoms with Crippen LogP contribution in [0.1, 0.15) is 23.6 Å². The van der Waals surface area contributed by atoms with Gasteiger partial charge in [-0.05, 0) is 29.8 Å². The fraction of sp³-hybridized carbons (Fsp3) is 0.118. The molecule has 1 aliphatic rings. The van der Waals surface area contributed by atoms with Crippen LogP contribution in [0.2, 0.25) is 0 Å². The molecule has 1 aromatic carbocycles. The van der Waals surface area contributed by atoms with Crippen LogP contribution >= 0.6 is 0 Å². The van der Waals surface area contributed by atoms with Gasteiger partial charge in [-0.15, -0.1) is 0 Å². The molecule has 1 amide bonds. The largest absolute Gasteiger partial charge is 0.310 e. The number of hydrogen-bond donors (Lipinski definition) is 1. The first kappa shape index (κ1) is 14.5. The number of nitrogens with zero attached hydrogens (tertiary/aromatic N) is 3. The number of amides is 1. The van der Waals surface area contributed by atoms with Crippen LogP contribution < -0.4 is 5.32 Å². The lowest BCUT2D eigenvalue weighted by Gasteiger charge is -2.23. The van der Waals surface area contributed by atoms with Crippen molar-refractivity contribution in [3.8, 4) is 5.69 Å². The van der Waals surface area contributed by atoms with Crippen LogP contribution in [0, 0.1) is 11.6 Å². The Morgan fingerprint density at radius 2 is 2.08 bits per heavy atom. The van der Waals surface area contributed by atoms with Gasteiger partial charge in [-0.1, -0.05) is 6.07 Å². The van der Waals surface area contributed by atoms with Gasteiger partial charge in [0.05, 0.1) is 17.6 Å². The fourth-order valence-electron chi connectivity index (χ4n) is 2.90. The summed E-state index contributed by atoms with van der Waals surface area (Å²) in [5.74, 6) is -1.97. The Balaban J connectivity index is 1.82. The Hall–Kier alpha value is -3.09. The van der Waals surface area contributed by atoms with Crippen molar-refractivity contribution >= 4 is 11.7 Å². The molecule has 0 unspecified atom stereocenters. The van der Waals surface area contributed by atoms with Crippen molar-refractivity contribution in [2.24, 2.45) is 0 Å². The Bertz CT molecular complexity index is 924. The smallest absolute Gasteiger partial charge is 0.226 e. The summed E-state index contributed by atoms with van der Waals surface area (Å²) in [4.78, 5) is 20.5. The molecule has 1 atom stereocenters. The molecule has 24 heavy (non-hydrogen) atoms. The van der Waals surface area contributed by atoms with E-state index >= 15 is 0 Å². The number of aromatic nitrogens is 3. The molecule has 0 spiro atoms. The number of carbonyl (C=O) groups excluding carboxylic acids is 1. The Morgan fingerprint density at radius 1 is 1.21 bits per heavy atom. The topological polar surface area (TPSA) is 59.8 Å². The van der Waals surface area contributed by atoms with Crippen molar-refractivity contribution in [3.05, 3.63) is 71.9 Å². The zero-order valence-corrected chi connectivity index (χ0v) is 12.4. The summed E-state index contributed by atoms with van der Waals surface area (Å²) in [5, 5.41) is 2.80. The number of nitrogens with one attached hydrogen (secondary N) is 1. The van der Waals surface area contributed by atoms with Crippen LogP contribution in [0.4, 0.5) is 14.6 Å². The monoisotopic (exact) mass is 326 g/mol. The Morgan fingerprint density at radius 3 is 2.83 bits per heavy atom. The van der Waals surface area contributed by atoms with E-state index in [1.807, 2.05) is 6.07 Å². The minimum atomic E-state index is -0.938. The van der Waals surface area contributed by atoms with E-state index in [0.29, 0.717) is 17.1 Å². The molecule has 0 bridgehead atoms. The van der Waals surface area contributed by atoms with E-state index in [2.05, 4.69) is 15.3 Å². The normalized spacial score (nSPS) is 16.6. The van der Waals surface area contributed by atoms with Crippen molar-refractivity contribution in [1.29, 1.82) is 0 Å². The van der Waals surface area contributed by atoms with Crippen molar-refractivity contribution in [1.82, 2.24) is 14.5 Å². The molecular formula is C17H12F2N4O. The minimum Gasteiger partial charge on any atom is -0.310 e. The van der Waals surface area contributed by atoms with Crippen molar-refractivity contribution in [2.45, 2.75) is 12.3 Å². The third-order valence-electron chi connectivity index (χ3n) is 4.04. The molecule has 4 rings (SSSR count). The number of benzene rings is 1. The predicted octanol–water partition coefficient (Wildman–Crippen LogP) is 3.02. The van der Waals surface area contributed by atoms with Crippen molar-refractivity contribution < 1.29 is 13.6 Å². The first-order valence-corrected chi connectivity index (χ1v) is 7.36. The van der Waals surface area contributed by atoms with Crippen LogP contribution in [0.3, 0.4) is 0 Å². The second-order valence-electron chi connectivity index (χ2n) is 5.54. The molecule has 0 radical (unpaired) electrons. The molecule has 120 valence electrons. The highest BCUT2D eigenvalue weighted by Gasteiger charge is 2.31. The van der Waals surface area contributed by atoms with Crippen LogP contribution in [-0.4, -0.2) is 20.4 Å². The summed E-state index contributed by atoms with van der Waals surface area (Å²) in [6.07, 6.45) is 5.01. The molecule has 3 heterocycles. The predicted molar refractivity (Wildman–Crippen MR) is 82.8 cm³/mol. The number of anilines is 1. The molecule has 3 aromatic rings. The van der Waals surface area contributed by atoms with Crippen LogP contribution in [0.25, 0.3) is 5.69 Å². The van der Waals surface area contributed by atoms with E-state index < -0.39 is 17.6 Å². The van der Waals surface area contributed by atoms with Gasteiger partial charge in [0.2, 0.25) is 5.91 Å². The maximum atomic E-state index is 13.6. The lowest BCUT2D eigenvalue weighted by atomic mass is 9.90. The van der Waals surface area contributed by atoms with E-state index in [4.69, 9.17) is 0 Å². The van der Waals surface area contributed by atoms with Gasteiger partial charge in [-0.3, -0.25) is 14.3 Å². The maximum absolute atomic E-state index is 13.6.